The highest BCUT2D eigenvalue weighted by atomic mass is 16.6. The molecule has 0 aromatic rings. The molecule has 2 atom stereocenters. The zero-order valence-electron chi connectivity index (χ0n) is 12.6. The van der Waals surface area contributed by atoms with E-state index in [0.29, 0.717) is 25.6 Å². The molecule has 0 radical (unpaired) electrons. The maximum Gasteiger partial charge on any atom is 0.306 e. The highest BCUT2D eigenvalue weighted by Crippen LogP contribution is 2.05. The Labute approximate surface area is 111 Å². The lowest BCUT2D eigenvalue weighted by Gasteiger charge is -2.19. The van der Waals surface area contributed by atoms with Crippen LogP contribution in [0, 0.1) is 5.92 Å². The van der Waals surface area contributed by atoms with Crippen molar-refractivity contribution in [1.29, 1.82) is 0 Å². The van der Waals surface area contributed by atoms with Gasteiger partial charge in [-0.25, -0.2) is 0 Å². The number of rotatable bonds is 9. The van der Waals surface area contributed by atoms with Crippen LogP contribution in [0.3, 0.4) is 0 Å². The van der Waals surface area contributed by atoms with Crippen LogP contribution < -0.4 is 0 Å². The summed E-state index contributed by atoms with van der Waals surface area (Å²) < 4.78 is 16.2. The van der Waals surface area contributed by atoms with Crippen LogP contribution in [0.4, 0.5) is 0 Å². The van der Waals surface area contributed by atoms with Crippen molar-refractivity contribution in [2.45, 2.75) is 66.3 Å². The van der Waals surface area contributed by atoms with E-state index < -0.39 is 0 Å². The second-order valence-corrected chi connectivity index (χ2v) is 5.42. The van der Waals surface area contributed by atoms with Crippen LogP contribution in [0.1, 0.15) is 48.0 Å². The third-order valence-electron chi connectivity index (χ3n) is 2.19. The van der Waals surface area contributed by atoms with E-state index in [1.165, 1.54) is 0 Å². The van der Waals surface area contributed by atoms with E-state index in [2.05, 4.69) is 0 Å². The first-order valence-electron chi connectivity index (χ1n) is 6.74. The van der Waals surface area contributed by atoms with Gasteiger partial charge in [-0.2, -0.15) is 0 Å². The number of esters is 1. The normalized spacial score (nSPS) is 14.9. The molecule has 0 saturated carbocycles. The van der Waals surface area contributed by atoms with E-state index in [4.69, 9.17) is 14.2 Å². The Bertz CT molecular complexity index is 226. The van der Waals surface area contributed by atoms with Gasteiger partial charge in [-0.05, 0) is 33.6 Å². The van der Waals surface area contributed by atoms with Gasteiger partial charge in [-0.3, -0.25) is 4.79 Å². The predicted octanol–water partition coefficient (Wildman–Crippen LogP) is 2.79. The number of ether oxygens (including phenoxy) is 3. The molecule has 2 unspecified atom stereocenters. The van der Waals surface area contributed by atoms with Crippen molar-refractivity contribution in [3.05, 3.63) is 0 Å². The predicted molar refractivity (Wildman–Crippen MR) is 71.5 cm³/mol. The first-order chi connectivity index (χ1) is 8.31. The SMILES string of the molecule is CC(C)CC(=O)OC(C)COC(C)COC(C)C. The number of hydrogen-bond acceptors (Lipinski definition) is 4. The topological polar surface area (TPSA) is 44.8 Å². The molecule has 0 N–H and O–H groups in total. The number of hydrogen-bond donors (Lipinski definition) is 0. The smallest absolute Gasteiger partial charge is 0.306 e. The molecule has 0 heterocycles. The number of carbonyl (C=O) groups is 1. The molecule has 0 aliphatic heterocycles. The Morgan fingerprint density at radius 1 is 0.889 bits per heavy atom. The first-order valence-corrected chi connectivity index (χ1v) is 6.74. The minimum absolute atomic E-state index is 0.0126. The van der Waals surface area contributed by atoms with Gasteiger partial charge in [0.2, 0.25) is 0 Å². The summed E-state index contributed by atoms with van der Waals surface area (Å²) in [6.07, 6.45) is 0.463. The van der Waals surface area contributed by atoms with E-state index in [1.807, 2.05) is 41.5 Å². The summed E-state index contributed by atoms with van der Waals surface area (Å²) in [7, 11) is 0. The fraction of sp³-hybridized carbons (Fsp3) is 0.929. The monoisotopic (exact) mass is 260 g/mol. The Morgan fingerprint density at radius 3 is 1.94 bits per heavy atom. The summed E-state index contributed by atoms with van der Waals surface area (Å²) >= 11 is 0. The molecule has 0 rings (SSSR count). The Hall–Kier alpha value is -0.610. The second-order valence-electron chi connectivity index (χ2n) is 5.42. The minimum Gasteiger partial charge on any atom is -0.460 e. The Balaban J connectivity index is 3.69. The summed E-state index contributed by atoms with van der Waals surface area (Å²) in [6.45, 7) is 12.7. The molecule has 108 valence electrons. The third kappa shape index (κ3) is 10.5. The molecule has 0 spiro atoms. The number of carbonyl (C=O) groups excluding carboxylic acids is 1. The van der Waals surface area contributed by atoms with E-state index in [0.717, 1.165) is 0 Å². The van der Waals surface area contributed by atoms with Crippen LogP contribution in [0.15, 0.2) is 0 Å². The molecule has 4 nitrogen and oxygen atoms in total. The lowest BCUT2D eigenvalue weighted by molar-refractivity contribution is -0.153. The van der Waals surface area contributed by atoms with Crippen molar-refractivity contribution in [3.63, 3.8) is 0 Å². The summed E-state index contributed by atoms with van der Waals surface area (Å²) in [5.74, 6) is 0.163. The molecule has 18 heavy (non-hydrogen) atoms. The Kier molecular flexibility index (Phi) is 9.02. The molecule has 0 aromatic heterocycles. The fourth-order valence-corrected chi connectivity index (χ4v) is 1.32. The standard InChI is InChI=1S/C14H28O4/c1-10(2)7-14(15)18-13(6)9-17-12(5)8-16-11(3)4/h10-13H,7-9H2,1-6H3. The van der Waals surface area contributed by atoms with Crippen molar-refractivity contribution in [3.8, 4) is 0 Å². The zero-order chi connectivity index (χ0) is 14.1. The minimum atomic E-state index is -0.210. The van der Waals surface area contributed by atoms with Crippen molar-refractivity contribution in [2.24, 2.45) is 5.92 Å². The quantitative estimate of drug-likeness (QED) is 0.598. The highest BCUT2D eigenvalue weighted by Gasteiger charge is 2.13. The van der Waals surface area contributed by atoms with Crippen LogP contribution in [0.25, 0.3) is 0 Å². The van der Waals surface area contributed by atoms with E-state index >= 15 is 0 Å². The third-order valence-corrected chi connectivity index (χ3v) is 2.19. The van der Waals surface area contributed by atoms with Gasteiger partial charge in [0.15, 0.2) is 0 Å². The molecule has 0 fully saturated rings. The van der Waals surface area contributed by atoms with Crippen LogP contribution in [-0.2, 0) is 19.0 Å². The van der Waals surface area contributed by atoms with Gasteiger partial charge in [-0.15, -0.1) is 0 Å². The maximum atomic E-state index is 11.4. The lowest BCUT2D eigenvalue weighted by Crippen LogP contribution is -2.26. The van der Waals surface area contributed by atoms with Gasteiger partial charge in [0, 0.05) is 6.42 Å². The fourth-order valence-electron chi connectivity index (χ4n) is 1.32. The molecular weight excluding hydrogens is 232 g/mol. The second kappa shape index (κ2) is 9.34. The molecule has 0 aliphatic carbocycles. The van der Waals surface area contributed by atoms with Gasteiger partial charge >= 0.3 is 5.97 Å². The maximum absolute atomic E-state index is 11.4. The lowest BCUT2D eigenvalue weighted by atomic mass is 10.1. The first kappa shape index (κ1) is 17.4. The van der Waals surface area contributed by atoms with Crippen LogP contribution in [-0.4, -0.2) is 37.5 Å². The summed E-state index contributed by atoms with van der Waals surface area (Å²) in [6, 6.07) is 0. The van der Waals surface area contributed by atoms with Crippen molar-refractivity contribution >= 4 is 5.97 Å². The van der Waals surface area contributed by atoms with E-state index in [1.54, 1.807) is 0 Å². The van der Waals surface area contributed by atoms with Gasteiger partial charge < -0.3 is 14.2 Å². The molecule has 0 saturated heterocycles. The van der Waals surface area contributed by atoms with Gasteiger partial charge in [0.1, 0.15) is 6.10 Å². The largest absolute Gasteiger partial charge is 0.460 e. The Morgan fingerprint density at radius 2 is 1.44 bits per heavy atom. The van der Waals surface area contributed by atoms with E-state index in [-0.39, 0.29) is 24.3 Å². The molecular formula is C14H28O4. The van der Waals surface area contributed by atoms with Crippen molar-refractivity contribution < 1.29 is 19.0 Å². The molecule has 0 bridgehead atoms. The van der Waals surface area contributed by atoms with Crippen molar-refractivity contribution in [1.82, 2.24) is 0 Å². The molecule has 0 aromatic carbocycles. The zero-order valence-corrected chi connectivity index (χ0v) is 12.6. The van der Waals surface area contributed by atoms with Gasteiger partial charge in [0.05, 0.1) is 25.4 Å². The van der Waals surface area contributed by atoms with E-state index in [9.17, 15) is 4.79 Å². The van der Waals surface area contributed by atoms with Crippen LogP contribution in [0.2, 0.25) is 0 Å². The molecule has 0 aliphatic rings. The average molecular weight is 260 g/mol. The summed E-state index contributed by atoms with van der Waals surface area (Å²) in [5, 5.41) is 0. The van der Waals surface area contributed by atoms with Gasteiger partial charge in [-0.1, -0.05) is 13.8 Å². The van der Waals surface area contributed by atoms with Crippen LogP contribution >= 0.6 is 0 Å². The highest BCUT2D eigenvalue weighted by molar-refractivity contribution is 5.69. The average Bonchev–Trinajstić information content (AvgIpc) is 2.22. The molecule has 0 amide bonds. The molecule has 4 heteroatoms. The van der Waals surface area contributed by atoms with Crippen LogP contribution in [0.5, 0.6) is 0 Å². The summed E-state index contributed by atoms with van der Waals surface area (Å²) in [5.41, 5.74) is 0. The van der Waals surface area contributed by atoms with Crippen molar-refractivity contribution in [2.75, 3.05) is 13.2 Å². The summed E-state index contributed by atoms with van der Waals surface area (Å²) in [4.78, 5) is 11.4. The van der Waals surface area contributed by atoms with Gasteiger partial charge in [0.25, 0.3) is 0 Å².